The maximum absolute atomic E-state index is 14.8. The van der Waals surface area contributed by atoms with Crippen LogP contribution in [0.5, 0.6) is 0 Å². The van der Waals surface area contributed by atoms with Gasteiger partial charge in [0.15, 0.2) is 11.6 Å². The average molecular weight is 418 g/mol. The van der Waals surface area contributed by atoms with Crippen molar-refractivity contribution in [1.29, 1.82) is 0 Å². The Morgan fingerprint density at radius 3 is 2.44 bits per heavy atom. The van der Waals surface area contributed by atoms with Crippen LogP contribution in [-0.2, 0) is 19.6 Å². The predicted molar refractivity (Wildman–Crippen MR) is 101 cm³/mol. The summed E-state index contributed by atoms with van der Waals surface area (Å²) in [7, 11) is -3.88. The normalized spacial score (nSPS) is 14.8. The third-order valence-corrected chi connectivity index (χ3v) is 5.61. The van der Waals surface area contributed by atoms with Crippen molar-refractivity contribution in [1.82, 2.24) is 0 Å². The topological polar surface area (TPSA) is 80.8 Å². The van der Waals surface area contributed by atoms with Gasteiger partial charge < -0.3 is 4.74 Å². The van der Waals surface area contributed by atoms with Crippen molar-refractivity contribution >= 4 is 38.9 Å². The van der Waals surface area contributed by atoms with Gasteiger partial charge in [0.1, 0.15) is 5.57 Å². The highest BCUT2D eigenvalue weighted by atomic mass is 35.5. The molecule has 1 saturated carbocycles. The van der Waals surface area contributed by atoms with Gasteiger partial charge in [0.25, 0.3) is 0 Å². The number of ketones is 2. The van der Waals surface area contributed by atoms with E-state index in [1.165, 1.54) is 13.0 Å². The zero-order chi connectivity index (χ0) is 20.4. The number of hydrogen-bond donors (Lipinski definition) is 0. The van der Waals surface area contributed by atoms with Gasteiger partial charge in [-0.2, -0.15) is 0 Å². The van der Waals surface area contributed by atoms with Crippen molar-refractivity contribution in [2.75, 3.05) is 23.7 Å². The Labute approximate surface area is 163 Å². The van der Waals surface area contributed by atoms with Crippen molar-refractivity contribution in [3.05, 3.63) is 40.4 Å². The number of carbonyl (C=O) groups excluding carboxylic acids is 2. The van der Waals surface area contributed by atoms with Crippen LogP contribution in [0.25, 0.3) is 0 Å². The quantitative estimate of drug-likeness (QED) is 0.202. The lowest BCUT2D eigenvalue weighted by atomic mass is 9.97. The van der Waals surface area contributed by atoms with Crippen LogP contribution >= 0.6 is 11.6 Å². The standard InChI is InChI=1S/C18H21ClFNO5S/c1-4-21(27(3,24)25)16-12(8-9-14(19)15(16)20)18(23)13(10-26-5-2)17(22)11-6-7-11/h8-11H,4-7H2,1-3H3/b13-10-. The van der Waals surface area contributed by atoms with E-state index in [2.05, 4.69) is 0 Å². The minimum Gasteiger partial charge on any atom is -0.501 e. The van der Waals surface area contributed by atoms with Crippen LogP contribution in [0.3, 0.4) is 0 Å². The number of rotatable bonds is 9. The summed E-state index contributed by atoms with van der Waals surface area (Å²) in [6.45, 7) is 3.32. The fraction of sp³-hybridized carbons (Fsp3) is 0.444. The summed E-state index contributed by atoms with van der Waals surface area (Å²) >= 11 is 5.81. The molecular weight excluding hydrogens is 397 g/mol. The van der Waals surface area contributed by atoms with Gasteiger partial charge >= 0.3 is 0 Å². The molecule has 1 aliphatic carbocycles. The summed E-state index contributed by atoms with van der Waals surface area (Å²) in [5.41, 5.74) is -0.959. The number of benzene rings is 1. The number of carbonyl (C=O) groups is 2. The largest absolute Gasteiger partial charge is 0.501 e. The Morgan fingerprint density at radius 1 is 1.33 bits per heavy atom. The molecule has 0 atom stereocenters. The van der Waals surface area contributed by atoms with Gasteiger partial charge in [0.2, 0.25) is 15.8 Å². The number of allylic oxidation sites excluding steroid dienone is 1. The summed E-state index contributed by atoms with van der Waals surface area (Å²) in [5.74, 6) is -2.49. The van der Waals surface area contributed by atoms with Gasteiger partial charge in [-0.1, -0.05) is 11.6 Å². The second kappa shape index (κ2) is 8.39. The Bertz CT molecular complexity index is 893. The molecule has 1 aromatic carbocycles. The minimum absolute atomic E-state index is 0.114. The fourth-order valence-electron chi connectivity index (χ4n) is 2.63. The Balaban J connectivity index is 2.64. The molecule has 0 aromatic heterocycles. The van der Waals surface area contributed by atoms with Gasteiger partial charge in [-0.3, -0.25) is 13.9 Å². The molecule has 0 amide bonds. The molecule has 0 aliphatic heterocycles. The predicted octanol–water partition coefficient (Wildman–Crippen LogP) is 3.35. The van der Waals surface area contributed by atoms with E-state index >= 15 is 0 Å². The third-order valence-electron chi connectivity index (χ3n) is 4.08. The number of hydrogen-bond acceptors (Lipinski definition) is 5. The van der Waals surface area contributed by atoms with Crippen molar-refractivity contribution in [2.24, 2.45) is 5.92 Å². The molecule has 0 radical (unpaired) electrons. The lowest BCUT2D eigenvalue weighted by Gasteiger charge is -2.24. The van der Waals surface area contributed by atoms with Crippen LogP contribution in [0.2, 0.25) is 5.02 Å². The molecule has 148 valence electrons. The van der Waals surface area contributed by atoms with Crippen LogP contribution in [0, 0.1) is 11.7 Å². The van der Waals surface area contributed by atoms with Gasteiger partial charge in [-0.15, -0.1) is 0 Å². The van der Waals surface area contributed by atoms with Crippen molar-refractivity contribution < 1.29 is 27.1 Å². The summed E-state index contributed by atoms with van der Waals surface area (Å²) in [6, 6.07) is 2.38. The van der Waals surface area contributed by atoms with E-state index in [4.69, 9.17) is 16.3 Å². The maximum Gasteiger partial charge on any atom is 0.232 e. The van der Waals surface area contributed by atoms with Crippen molar-refractivity contribution in [3.63, 3.8) is 0 Å². The van der Waals surface area contributed by atoms with Crippen LogP contribution in [0.1, 0.15) is 37.0 Å². The summed E-state index contributed by atoms with van der Waals surface area (Å²) in [4.78, 5) is 25.6. The highest BCUT2D eigenvalue weighted by Gasteiger charge is 2.37. The van der Waals surface area contributed by atoms with E-state index in [9.17, 15) is 22.4 Å². The second-order valence-electron chi connectivity index (χ2n) is 6.14. The van der Waals surface area contributed by atoms with Crippen LogP contribution in [0.15, 0.2) is 24.0 Å². The van der Waals surface area contributed by atoms with Crippen LogP contribution in [0.4, 0.5) is 10.1 Å². The monoisotopic (exact) mass is 417 g/mol. The Morgan fingerprint density at radius 2 is 1.96 bits per heavy atom. The highest BCUT2D eigenvalue weighted by Crippen LogP contribution is 2.36. The molecule has 0 heterocycles. The number of halogens is 2. The first-order chi connectivity index (χ1) is 12.6. The molecule has 9 heteroatoms. The highest BCUT2D eigenvalue weighted by molar-refractivity contribution is 7.92. The first-order valence-electron chi connectivity index (χ1n) is 8.49. The summed E-state index contributed by atoms with van der Waals surface area (Å²) < 4.78 is 44.8. The van der Waals surface area contributed by atoms with Gasteiger partial charge in [0, 0.05) is 12.5 Å². The number of nitrogens with zero attached hydrogens (tertiary/aromatic N) is 1. The number of ether oxygens (including phenoxy) is 1. The van der Waals surface area contributed by atoms with Crippen LogP contribution in [-0.4, -0.2) is 39.4 Å². The van der Waals surface area contributed by atoms with Gasteiger partial charge in [0.05, 0.1) is 35.4 Å². The van der Waals surface area contributed by atoms with Crippen LogP contribution < -0.4 is 4.31 Å². The van der Waals surface area contributed by atoms with E-state index in [0.29, 0.717) is 12.8 Å². The first kappa shape index (κ1) is 21.4. The van der Waals surface area contributed by atoms with E-state index in [0.717, 1.165) is 22.9 Å². The minimum atomic E-state index is -3.88. The zero-order valence-corrected chi connectivity index (χ0v) is 16.9. The summed E-state index contributed by atoms with van der Waals surface area (Å²) in [6.07, 6.45) is 3.30. The molecule has 6 nitrogen and oxygen atoms in total. The molecule has 0 unspecified atom stereocenters. The van der Waals surface area contributed by atoms with E-state index in [1.807, 2.05) is 0 Å². The molecule has 0 N–H and O–H groups in total. The number of sulfonamides is 1. The Hall–Kier alpha value is -1.93. The molecule has 0 spiro atoms. The molecule has 2 rings (SSSR count). The number of Topliss-reactive ketones (excluding diaryl/α,β-unsaturated/α-hetero) is 2. The molecule has 0 saturated heterocycles. The van der Waals surface area contributed by atoms with E-state index < -0.39 is 33.1 Å². The van der Waals surface area contributed by atoms with Gasteiger partial charge in [-0.05, 0) is 38.8 Å². The van der Waals surface area contributed by atoms with Gasteiger partial charge in [-0.25, -0.2) is 12.8 Å². The molecule has 1 aliphatic rings. The third kappa shape index (κ3) is 4.68. The number of anilines is 1. The van der Waals surface area contributed by atoms with Crippen molar-refractivity contribution in [2.45, 2.75) is 26.7 Å². The molecular formula is C18H21ClFNO5S. The molecule has 1 aromatic rings. The molecule has 27 heavy (non-hydrogen) atoms. The first-order valence-corrected chi connectivity index (χ1v) is 10.7. The zero-order valence-electron chi connectivity index (χ0n) is 15.3. The summed E-state index contributed by atoms with van der Waals surface area (Å²) in [5, 5.41) is -0.326. The molecule has 0 bridgehead atoms. The average Bonchev–Trinajstić information content (AvgIpc) is 3.43. The lowest BCUT2D eigenvalue weighted by molar-refractivity contribution is -0.116. The fourth-order valence-corrected chi connectivity index (χ4v) is 3.76. The smallest absolute Gasteiger partial charge is 0.232 e. The SMILES string of the molecule is CCO/C=C(\C(=O)c1ccc(Cl)c(F)c1N(CC)S(C)(=O)=O)C(=O)C1CC1. The molecule has 1 fully saturated rings. The lowest BCUT2D eigenvalue weighted by Crippen LogP contribution is -2.32. The maximum atomic E-state index is 14.8. The second-order valence-corrected chi connectivity index (χ2v) is 8.45. The Kier molecular flexibility index (Phi) is 6.64. The van der Waals surface area contributed by atoms with E-state index in [-0.39, 0.29) is 35.2 Å². The van der Waals surface area contributed by atoms with E-state index in [1.54, 1.807) is 6.92 Å². The van der Waals surface area contributed by atoms with Crippen molar-refractivity contribution in [3.8, 4) is 0 Å².